The lowest BCUT2D eigenvalue weighted by Gasteiger charge is -2.38. The number of aromatic nitrogens is 2. The van der Waals surface area contributed by atoms with E-state index in [0.717, 1.165) is 18.9 Å². The van der Waals surface area contributed by atoms with Crippen molar-refractivity contribution in [3.8, 4) is 0 Å². The maximum Gasteiger partial charge on any atom is 0.223 e. The smallest absolute Gasteiger partial charge is 0.223 e. The fourth-order valence-corrected chi connectivity index (χ4v) is 3.34. The Morgan fingerprint density at radius 2 is 1.95 bits per heavy atom. The van der Waals surface area contributed by atoms with E-state index in [0.29, 0.717) is 11.2 Å². The van der Waals surface area contributed by atoms with Crippen LogP contribution in [0.15, 0.2) is 6.07 Å². The van der Waals surface area contributed by atoms with Crippen LogP contribution in [0.2, 0.25) is 5.15 Å². The predicted octanol–water partition coefficient (Wildman–Crippen LogP) is 1.78. The van der Waals surface area contributed by atoms with Crippen LogP contribution < -0.4 is 10.6 Å². The number of nitrogen functional groups attached to an aromatic ring is 1. The van der Waals surface area contributed by atoms with Gasteiger partial charge in [0, 0.05) is 25.2 Å². The summed E-state index contributed by atoms with van der Waals surface area (Å²) in [6.45, 7) is 4.53. The number of rotatable bonds is 2. The topological polar surface area (TPSA) is 58.3 Å². The zero-order valence-electron chi connectivity index (χ0n) is 11.1. The molecule has 0 unspecified atom stereocenters. The maximum atomic E-state index is 5.96. The van der Waals surface area contributed by atoms with Gasteiger partial charge in [0.25, 0.3) is 0 Å². The van der Waals surface area contributed by atoms with E-state index in [4.69, 9.17) is 17.3 Å². The Morgan fingerprint density at radius 1 is 1.16 bits per heavy atom. The highest BCUT2D eigenvalue weighted by Crippen LogP contribution is 2.25. The number of piperidine rings is 1. The molecule has 2 aliphatic rings. The second-order valence-electron chi connectivity index (χ2n) is 5.39. The second kappa shape index (κ2) is 5.51. The van der Waals surface area contributed by atoms with E-state index in [1.807, 2.05) is 6.07 Å². The van der Waals surface area contributed by atoms with E-state index in [1.54, 1.807) is 0 Å². The van der Waals surface area contributed by atoms with Gasteiger partial charge in [0.1, 0.15) is 11.0 Å². The van der Waals surface area contributed by atoms with Gasteiger partial charge in [0.15, 0.2) is 0 Å². The van der Waals surface area contributed by atoms with Gasteiger partial charge in [-0.15, -0.1) is 0 Å². The lowest BCUT2D eigenvalue weighted by molar-refractivity contribution is 0.215. The quantitative estimate of drug-likeness (QED) is 0.838. The summed E-state index contributed by atoms with van der Waals surface area (Å²) in [5.74, 6) is 1.12. The predicted molar refractivity (Wildman–Crippen MR) is 77.5 cm³/mol. The van der Waals surface area contributed by atoms with Crippen molar-refractivity contribution in [2.75, 3.05) is 36.8 Å². The minimum atomic E-state index is 0.255. The van der Waals surface area contributed by atoms with Crippen LogP contribution in [0.3, 0.4) is 0 Å². The van der Waals surface area contributed by atoms with E-state index in [9.17, 15) is 0 Å². The maximum absolute atomic E-state index is 5.96. The molecular formula is C13H20ClN5. The molecule has 2 fully saturated rings. The van der Waals surface area contributed by atoms with Crippen molar-refractivity contribution in [2.24, 2.45) is 0 Å². The summed E-state index contributed by atoms with van der Waals surface area (Å²) in [5, 5.41) is 0.422. The van der Waals surface area contributed by atoms with E-state index in [2.05, 4.69) is 19.8 Å². The van der Waals surface area contributed by atoms with Gasteiger partial charge in [-0.25, -0.2) is 4.98 Å². The third kappa shape index (κ3) is 2.92. The van der Waals surface area contributed by atoms with Gasteiger partial charge in [-0.05, 0) is 38.8 Å². The number of nitrogens with two attached hydrogens (primary N) is 1. The van der Waals surface area contributed by atoms with Crippen LogP contribution in [0.4, 0.5) is 11.8 Å². The molecule has 0 spiro atoms. The standard InChI is InChI=1S/C13H20ClN5/c14-11-8-12(17-13(15)16-11)19-7-3-4-10(9-19)18-5-1-2-6-18/h8,10H,1-7,9H2,(H2,15,16,17)/t10-/m0/s1. The number of halogens is 1. The van der Waals surface area contributed by atoms with E-state index >= 15 is 0 Å². The van der Waals surface area contributed by atoms with Crippen molar-refractivity contribution >= 4 is 23.4 Å². The van der Waals surface area contributed by atoms with E-state index < -0.39 is 0 Å². The number of hydrogen-bond donors (Lipinski definition) is 1. The summed E-state index contributed by atoms with van der Waals surface area (Å²) in [6, 6.07) is 2.45. The van der Waals surface area contributed by atoms with Crippen LogP contribution >= 0.6 is 11.6 Å². The fraction of sp³-hybridized carbons (Fsp3) is 0.692. The lowest BCUT2D eigenvalue weighted by atomic mass is 10.0. The zero-order chi connectivity index (χ0) is 13.2. The Balaban J connectivity index is 1.73. The van der Waals surface area contributed by atoms with Crippen molar-refractivity contribution in [1.29, 1.82) is 0 Å². The molecule has 1 aromatic heterocycles. The summed E-state index contributed by atoms with van der Waals surface area (Å²) < 4.78 is 0. The highest BCUT2D eigenvalue weighted by molar-refractivity contribution is 6.29. The molecule has 6 heteroatoms. The molecular weight excluding hydrogens is 262 g/mol. The molecule has 2 N–H and O–H groups in total. The van der Waals surface area contributed by atoms with E-state index in [1.165, 1.54) is 38.8 Å². The van der Waals surface area contributed by atoms with Crippen LogP contribution in [0, 0.1) is 0 Å². The first-order valence-electron chi connectivity index (χ1n) is 7.01. The highest BCUT2D eigenvalue weighted by atomic mass is 35.5. The third-order valence-electron chi connectivity index (χ3n) is 4.08. The number of hydrogen-bond acceptors (Lipinski definition) is 5. The normalized spacial score (nSPS) is 24.9. The number of anilines is 2. The average Bonchev–Trinajstić information content (AvgIpc) is 2.92. The molecule has 1 atom stereocenters. The lowest BCUT2D eigenvalue weighted by Crippen LogP contribution is -2.47. The van der Waals surface area contributed by atoms with Crippen LogP contribution in [-0.2, 0) is 0 Å². The molecule has 0 amide bonds. The van der Waals surface area contributed by atoms with Crippen molar-refractivity contribution in [3.05, 3.63) is 11.2 Å². The number of likely N-dealkylation sites (tertiary alicyclic amines) is 1. The average molecular weight is 282 g/mol. The summed E-state index contributed by atoms with van der Waals surface area (Å²) in [6.07, 6.45) is 5.15. The Labute approximate surface area is 118 Å². The zero-order valence-corrected chi connectivity index (χ0v) is 11.8. The van der Waals surface area contributed by atoms with Crippen molar-refractivity contribution in [2.45, 2.75) is 31.7 Å². The summed E-state index contributed by atoms with van der Waals surface area (Å²) >= 11 is 5.96. The van der Waals surface area contributed by atoms with Crippen molar-refractivity contribution in [1.82, 2.24) is 14.9 Å². The minimum Gasteiger partial charge on any atom is -0.368 e. The van der Waals surface area contributed by atoms with Crippen LogP contribution in [-0.4, -0.2) is 47.1 Å². The summed E-state index contributed by atoms with van der Waals surface area (Å²) in [4.78, 5) is 13.1. The summed E-state index contributed by atoms with van der Waals surface area (Å²) in [5.41, 5.74) is 5.68. The van der Waals surface area contributed by atoms with Gasteiger partial charge in [-0.1, -0.05) is 11.6 Å². The third-order valence-corrected chi connectivity index (χ3v) is 4.27. The SMILES string of the molecule is Nc1nc(Cl)cc(N2CCC[C@H](N3CCCC3)C2)n1. The van der Waals surface area contributed by atoms with Gasteiger partial charge >= 0.3 is 0 Å². The van der Waals surface area contributed by atoms with Gasteiger partial charge in [0.2, 0.25) is 5.95 Å². The Hall–Kier alpha value is -1.07. The molecule has 3 heterocycles. The fourth-order valence-electron chi connectivity index (χ4n) is 3.15. The van der Waals surface area contributed by atoms with Gasteiger partial charge in [0.05, 0.1) is 0 Å². The molecule has 2 saturated heterocycles. The summed E-state index contributed by atoms with van der Waals surface area (Å²) in [7, 11) is 0. The Bertz CT molecular complexity index is 426. The molecule has 1 aromatic rings. The molecule has 0 bridgehead atoms. The Kier molecular flexibility index (Phi) is 3.75. The molecule has 5 nitrogen and oxygen atoms in total. The first-order valence-corrected chi connectivity index (χ1v) is 7.39. The molecule has 0 aliphatic carbocycles. The van der Waals surface area contributed by atoms with Crippen molar-refractivity contribution in [3.63, 3.8) is 0 Å². The largest absolute Gasteiger partial charge is 0.368 e. The Morgan fingerprint density at radius 3 is 2.68 bits per heavy atom. The van der Waals surface area contributed by atoms with Gasteiger partial charge < -0.3 is 10.6 Å². The van der Waals surface area contributed by atoms with Gasteiger partial charge in [-0.3, -0.25) is 4.90 Å². The molecule has 19 heavy (non-hydrogen) atoms. The molecule has 104 valence electrons. The van der Waals surface area contributed by atoms with Gasteiger partial charge in [-0.2, -0.15) is 4.98 Å². The molecule has 0 aromatic carbocycles. The number of nitrogens with zero attached hydrogens (tertiary/aromatic N) is 4. The molecule has 3 rings (SSSR count). The second-order valence-corrected chi connectivity index (χ2v) is 5.78. The molecule has 0 radical (unpaired) electrons. The van der Waals surface area contributed by atoms with Crippen LogP contribution in [0.25, 0.3) is 0 Å². The van der Waals surface area contributed by atoms with Crippen LogP contribution in [0.5, 0.6) is 0 Å². The minimum absolute atomic E-state index is 0.255. The monoisotopic (exact) mass is 281 g/mol. The van der Waals surface area contributed by atoms with Crippen LogP contribution in [0.1, 0.15) is 25.7 Å². The first-order chi connectivity index (χ1) is 9.22. The van der Waals surface area contributed by atoms with Crippen molar-refractivity contribution < 1.29 is 0 Å². The first kappa shape index (κ1) is 12.9. The highest BCUT2D eigenvalue weighted by Gasteiger charge is 2.27. The molecule has 2 aliphatic heterocycles. The van der Waals surface area contributed by atoms with E-state index in [-0.39, 0.29) is 5.95 Å². The molecule has 0 saturated carbocycles.